The van der Waals surface area contributed by atoms with Gasteiger partial charge in [-0.05, 0) is 49.9 Å². The molecule has 1 fully saturated rings. The molecule has 3 nitrogen and oxygen atoms in total. The van der Waals surface area contributed by atoms with Crippen molar-refractivity contribution < 1.29 is 9.84 Å². The predicted molar refractivity (Wildman–Crippen MR) is 75.4 cm³/mol. The van der Waals surface area contributed by atoms with E-state index in [4.69, 9.17) is 4.74 Å². The van der Waals surface area contributed by atoms with Crippen LogP contribution in [-0.2, 0) is 0 Å². The Kier molecular flexibility index (Phi) is 5.35. The smallest absolute Gasteiger partial charge is 0.119 e. The van der Waals surface area contributed by atoms with Crippen LogP contribution in [-0.4, -0.2) is 48.6 Å². The highest BCUT2D eigenvalue weighted by molar-refractivity contribution is 7.98. The highest BCUT2D eigenvalue weighted by Crippen LogP contribution is 2.19. The summed E-state index contributed by atoms with van der Waals surface area (Å²) in [6.07, 6.45) is 4.37. The van der Waals surface area contributed by atoms with Gasteiger partial charge in [-0.2, -0.15) is 0 Å². The Labute approximate surface area is 113 Å². The van der Waals surface area contributed by atoms with Gasteiger partial charge in [0.25, 0.3) is 0 Å². The van der Waals surface area contributed by atoms with Crippen molar-refractivity contribution in [2.24, 2.45) is 0 Å². The van der Waals surface area contributed by atoms with Crippen molar-refractivity contribution in [3.63, 3.8) is 0 Å². The zero-order valence-electron chi connectivity index (χ0n) is 10.8. The number of thioether (sulfide) groups is 1. The molecule has 0 aromatic heterocycles. The molecule has 0 radical (unpaired) electrons. The van der Waals surface area contributed by atoms with Crippen molar-refractivity contribution in [2.75, 3.05) is 32.6 Å². The van der Waals surface area contributed by atoms with Crippen LogP contribution >= 0.6 is 11.8 Å². The maximum atomic E-state index is 9.23. The largest absolute Gasteiger partial charge is 0.492 e. The first-order valence-corrected chi connectivity index (χ1v) is 7.67. The molecule has 1 aliphatic rings. The molecule has 4 heteroatoms. The zero-order valence-corrected chi connectivity index (χ0v) is 11.7. The lowest BCUT2D eigenvalue weighted by Gasteiger charge is -2.22. The van der Waals surface area contributed by atoms with Gasteiger partial charge in [0.15, 0.2) is 0 Å². The first-order valence-electron chi connectivity index (χ1n) is 6.45. The molecule has 1 aromatic carbocycles. The maximum absolute atomic E-state index is 9.23. The molecular formula is C14H21NO2S. The second-order valence-electron chi connectivity index (χ2n) is 4.54. The van der Waals surface area contributed by atoms with Gasteiger partial charge >= 0.3 is 0 Å². The molecule has 1 heterocycles. The maximum Gasteiger partial charge on any atom is 0.119 e. The fourth-order valence-corrected chi connectivity index (χ4v) is 2.76. The second kappa shape index (κ2) is 7.02. The lowest BCUT2D eigenvalue weighted by Crippen LogP contribution is -2.35. The van der Waals surface area contributed by atoms with Gasteiger partial charge < -0.3 is 9.84 Å². The average molecular weight is 267 g/mol. The molecule has 18 heavy (non-hydrogen) atoms. The third-order valence-corrected chi connectivity index (χ3v) is 4.16. The lowest BCUT2D eigenvalue weighted by atomic mass is 10.2. The molecule has 0 bridgehead atoms. The van der Waals surface area contributed by atoms with Crippen LogP contribution in [0.15, 0.2) is 29.2 Å². The minimum absolute atomic E-state index is 0.266. The predicted octanol–water partition coefficient (Wildman–Crippen LogP) is 2.24. The monoisotopic (exact) mass is 267 g/mol. The van der Waals surface area contributed by atoms with Crippen LogP contribution in [0.3, 0.4) is 0 Å². The summed E-state index contributed by atoms with van der Waals surface area (Å²) in [6.45, 7) is 2.94. The number of likely N-dealkylation sites (tertiary alicyclic amines) is 1. The summed E-state index contributed by atoms with van der Waals surface area (Å²) in [4.78, 5) is 3.57. The Bertz CT molecular complexity index is 355. The fraction of sp³-hybridized carbons (Fsp3) is 0.571. The summed E-state index contributed by atoms with van der Waals surface area (Å²) in [5, 5.41) is 9.23. The number of benzene rings is 1. The van der Waals surface area contributed by atoms with Gasteiger partial charge in [-0.15, -0.1) is 11.8 Å². The van der Waals surface area contributed by atoms with E-state index in [1.54, 1.807) is 11.8 Å². The van der Waals surface area contributed by atoms with Crippen molar-refractivity contribution in [2.45, 2.75) is 23.8 Å². The molecule has 0 aliphatic carbocycles. The van der Waals surface area contributed by atoms with Crippen molar-refractivity contribution in [3.8, 4) is 5.75 Å². The van der Waals surface area contributed by atoms with Gasteiger partial charge in [0.2, 0.25) is 0 Å². The van der Waals surface area contributed by atoms with E-state index in [2.05, 4.69) is 23.3 Å². The summed E-state index contributed by atoms with van der Waals surface area (Å²) in [5.74, 6) is 0.924. The number of rotatable bonds is 6. The molecule has 0 amide bonds. The van der Waals surface area contributed by atoms with Gasteiger partial charge in [-0.3, -0.25) is 4.90 Å². The topological polar surface area (TPSA) is 32.7 Å². The van der Waals surface area contributed by atoms with E-state index in [0.717, 1.165) is 25.3 Å². The van der Waals surface area contributed by atoms with Gasteiger partial charge in [-0.1, -0.05) is 0 Å². The van der Waals surface area contributed by atoms with Crippen molar-refractivity contribution in [3.05, 3.63) is 24.3 Å². The second-order valence-corrected chi connectivity index (χ2v) is 5.42. The quantitative estimate of drug-likeness (QED) is 0.801. The van der Waals surface area contributed by atoms with E-state index >= 15 is 0 Å². The molecule has 0 spiro atoms. The summed E-state index contributed by atoms with van der Waals surface area (Å²) < 4.78 is 5.73. The van der Waals surface area contributed by atoms with E-state index in [9.17, 15) is 5.11 Å². The summed E-state index contributed by atoms with van der Waals surface area (Å²) in [6, 6.07) is 8.52. The Hall–Kier alpha value is -0.710. The highest BCUT2D eigenvalue weighted by atomic mass is 32.2. The first kappa shape index (κ1) is 13.7. The van der Waals surface area contributed by atoms with Crippen molar-refractivity contribution in [1.29, 1.82) is 0 Å². The number of hydrogen-bond acceptors (Lipinski definition) is 4. The van der Waals surface area contributed by atoms with Crippen LogP contribution in [0.5, 0.6) is 5.75 Å². The number of aliphatic hydroxyl groups is 1. The molecule has 1 aliphatic heterocycles. The number of aliphatic hydroxyl groups excluding tert-OH is 1. The summed E-state index contributed by atoms with van der Waals surface area (Å²) in [7, 11) is 0. The molecule has 1 atom stereocenters. The van der Waals surface area contributed by atoms with Gasteiger partial charge in [0.1, 0.15) is 12.4 Å². The van der Waals surface area contributed by atoms with E-state index in [0.29, 0.717) is 12.6 Å². The summed E-state index contributed by atoms with van der Waals surface area (Å²) in [5.41, 5.74) is 0. The van der Waals surface area contributed by atoms with Crippen LogP contribution in [0.4, 0.5) is 0 Å². The van der Waals surface area contributed by atoms with Crippen LogP contribution in [0.1, 0.15) is 12.8 Å². The Balaban J connectivity index is 1.74. The van der Waals surface area contributed by atoms with Crippen LogP contribution in [0.2, 0.25) is 0 Å². The third-order valence-electron chi connectivity index (χ3n) is 3.42. The zero-order chi connectivity index (χ0) is 12.8. The van der Waals surface area contributed by atoms with Crippen molar-refractivity contribution >= 4 is 11.8 Å². The van der Waals surface area contributed by atoms with Gasteiger partial charge in [0.05, 0.1) is 6.61 Å². The van der Waals surface area contributed by atoms with E-state index in [1.807, 2.05) is 12.1 Å². The molecule has 100 valence electrons. The molecule has 1 N–H and O–H groups in total. The highest BCUT2D eigenvalue weighted by Gasteiger charge is 2.22. The van der Waals surface area contributed by atoms with Crippen molar-refractivity contribution in [1.82, 2.24) is 4.90 Å². The minimum Gasteiger partial charge on any atom is -0.492 e. The van der Waals surface area contributed by atoms with Crippen LogP contribution in [0, 0.1) is 0 Å². The van der Waals surface area contributed by atoms with Crippen LogP contribution < -0.4 is 4.74 Å². The Morgan fingerprint density at radius 1 is 1.39 bits per heavy atom. The minimum atomic E-state index is 0.266. The normalized spacial score (nSPS) is 20.2. The summed E-state index contributed by atoms with van der Waals surface area (Å²) >= 11 is 1.73. The molecule has 1 saturated heterocycles. The molecule has 0 saturated carbocycles. The molecular weight excluding hydrogens is 246 g/mol. The first-order chi connectivity index (χ1) is 8.83. The van der Waals surface area contributed by atoms with E-state index < -0.39 is 0 Å². The average Bonchev–Trinajstić information content (AvgIpc) is 2.87. The van der Waals surface area contributed by atoms with E-state index in [1.165, 1.54) is 11.3 Å². The number of ether oxygens (including phenoxy) is 1. The standard InChI is InChI=1S/C14H21NO2S/c1-18-14-6-4-13(5-7-14)17-10-9-15-8-2-3-12(15)11-16/h4-7,12,16H,2-3,8-11H2,1H3/t12-/m1/s1. The molecule has 2 rings (SSSR count). The Morgan fingerprint density at radius 2 is 2.17 bits per heavy atom. The SMILES string of the molecule is CSc1ccc(OCCN2CCC[C@@H]2CO)cc1. The van der Waals surface area contributed by atoms with Crippen LogP contribution in [0.25, 0.3) is 0 Å². The lowest BCUT2D eigenvalue weighted by molar-refractivity contribution is 0.139. The molecule has 1 aromatic rings. The number of nitrogens with zero attached hydrogens (tertiary/aromatic N) is 1. The van der Waals surface area contributed by atoms with Gasteiger partial charge in [-0.25, -0.2) is 0 Å². The fourth-order valence-electron chi connectivity index (χ4n) is 2.35. The number of hydrogen-bond donors (Lipinski definition) is 1. The van der Waals surface area contributed by atoms with E-state index in [-0.39, 0.29) is 6.61 Å². The Morgan fingerprint density at radius 3 is 2.83 bits per heavy atom. The van der Waals surface area contributed by atoms with Gasteiger partial charge in [0, 0.05) is 17.5 Å². The third kappa shape index (κ3) is 3.64. The molecule has 0 unspecified atom stereocenters.